The predicted molar refractivity (Wildman–Crippen MR) is 82.6 cm³/mol. The number of aliphatic imine (C=N–C) groups is 1. The fourth-order valence-corrected chi connectivity index (χ4v) is 3.31. The van der Waals surface area contributed by atoms with Gasteiger partial charge in [-0.05, 0) is 25.5 Å². The maximum absolute atomic E-state index is 11.9. The van der Waals surface area contributed by atoms with Crippen LogP contribution in [0.3, 0.4) is 0 Å². The molecular formula is C14H17N3O5S. The maximum Gasteiger partial charge on any atom is 0.325 e. The Morgan fingerprint density at radius 2 is 2.04 bits per heavy atom. The van der Waals surface area contributed by atoms with Crippen molar-refractivity contribution in [3.8, 4) is 0 Å². The molecular weight excluding hydrogens is 322 g/mol. The molecule has 1 atom stereocenters. The number of fused-ring (bicyclic) bond motifs is 1. The third kappa shape index (κ3) is 4.07. The highest BCUT2D eigenvalue weighted by molar-refractivity contribution is 7.90. The topological polar surface area (TPSA) is 125 Å². The van der Waals surface area contributed by atoms with E-state index in [1.807, 2.05) is 0 Å². The smallest absolute Gasteiger partial charge is 0.325 e. The van der Waals surface area contributed by atoms with E-state index in [1.165, 1.54) is 13.0 Å². The minimum atomic E-state index is -3.56. The fraction of sp³-hybridized carbons (Fsp3) is 0.357. The van der Waals surface area contributed by atoms with Crippen LogP contribution < -0.4 is 10.0 Å². The number of nitrogens with zero attached hydrogens (tertiary/aromatic N) is 1. The zero-order valence-electron chi connectivity index (χ0n) is 12.4. The van der Waals surface area contributed by atoms with Gasteiger partial charge in [0.25, 0.3) is 10.0 Å². The monoisotopic (exact) mass is 339 g/mol. The summed E-state index contributed by atoms with van der Waals surface area (Å²) in [5, 5.41) is 11.0. The molecule has 0 spiro atoms. The van der Waals surface area contributed by atoms with Gasteiger partial charge in [-0.1, -0.05) is 12.1 Å². The molecule has 0 saturated heterocycles. The number of sulfonamides is 1. The predicted octanol–water partition coefficient (Wildman–Crippen LogP) is 0.0946. The largest absolute Gasteiger partial charge is 0.480 e. The van der Waals surface area contributed by atoms with Gasteiger partial charge in [0.15, 0.2) is 0 Å². The van der Waals surface area contributed by atoms with Crippen LogP contribution in [0.2, 0.25) is 0 Å². The molecule has 23 heavy (non-hydrogen) atoms. The average Bonchev–Trinajstić information content (AvgIpc) is 2.75. The van der Waals surface area contributed by atoms with Gasteiger partial charge in [0.1, 0.15) is 11.9 Å². The van der Waals surface area contributed by atoms with E-state index in [0.717, 1.165) is 0 Å². The summed E-state index contributed by atoms with van der Waals surface area (Å²) < 4.78 is 26.1. The average molecular weight is 339 g/mol. The van der Waals surface area contributed by atoms with Gasteiger partial charge in [0.2, 0.25) is 5.91 Å². The first-order chi connectivity index (χ1) is 10.8. The Hall–Kier alpha value is -2.42. The number of benzene rings is 1. The second-order valence-corrected chi connectivity index (χ2v) is 6.71. The van der Waals surface area contributed by atoms with Crippen molar-refractivity contribution >= 4 is 27.7 Å². The number of rotatable bonds is 6. The Labute approximate surface area is 133 Å². The van der Waals surface area contributed by atoms with Crippen LogP contribution in [-0.2, 0) is 19.6 Å². The quantitative estimate of drug-likeness (QED) is 0.634. The number of hydrogen-bond donors (Lipinski definition) is 3. The van der Waals surface area contributed by atoms with Crippen molar-refractivity contribution in [2.24, 2.45) is 4.99 Å². The van der Waals surface area contributed by atoms with Crippen LogP contribution in [0, 0.1) is 0 Å². The summed E-state index contributed by atoms with van der Waals surface area (Å²) in [6, 6.07) is 5.57. The van der Waals surface area contributed by atoms with Crippen LogP contribution in [0.1, 0.15) is 25.3 Å². The number of amides is 1. The van der Waals surface area contributed by atoms with Crippen molar-refractivity contribution < 1.29 is 23.1 Å². The lowest BCUT2D eigenvalue weighted by atomic mass is 10.2. The number of amidine groups is 1. The van der Waals surface area contributed by atoms with Crippen molar-refractivity contribution in [3.05, 3.63) is 29.8 Å². The first-order valence-corrected chi connectivity index (χ1v) is 8.48. The van der Waals surface area contributed by atoms with Crippen molar-refractivity contribution in [1.82, 2.24) is 10.0 Å². The van der Waals surface area contributed by atoms with Gasteiger partial charge in [0, 0.05) is 18.5 Å². The summed E-state index contributed by atoms with van der Waals surface area (Å²) in [6.45, 7) is 1.63. The molecule has 1 aromatic rings. The first kappa shape index (κ1) is 16.9. The van der Waals surface area contributed by atoms with Crippen molar-refractivity contribution in [2.45, 2.75) is 30.7 Å². The molecule has 0 aromatic heterocycles. The Morgan fingerprint density at radius 1 is 1.35 bits per heavy atom. The number of carboxylic acid groups (broad SMARTS) is 1. The van der Waals surface area contributed by atoms with E-state index < -0.39 is 22.0 Å². The molecule has 0 fully saturated rings. The molecule has 1 heterocycles. The highest BCUT2D eigenvalue weighted by Crippen LogP contribution is 2.22. The third-order valence-corrected chi connectivity index (χ3v) is 4.64. The lowest BCUT2D eigenvalue weighted by Crippen LogP contribution is -2.38. The van der Waals surface area contributed by atoms with E-state index >= 15 is 0 Å². The third-order valence-electron chi connectivity index (χ3n) is 3.24. The number of nitrogens with one attached hydrogen (secondary N) is 2. The summed E-state index contributed by atoms with van der Waals surface area (Å²) in [6.07, 6.45) is 0.494. The molecule has 0 saturated carbocycles. The molecule has 1 aromatic carbocycles. The molecule has 8 nitrogen and oxygen atoms in total. The van der Waals surface area contributed by atoms with Crippen LogP contribution in [-0.4, -0.2) is 43.8 Å². The second-order valence-electron chi connectivity index (χ2n) is 5.06. The number of carbonyl (C=O) groups is 2. The van der Waals surface area contributed by atoms with Gasteiger partial charge in [-0.2, -0.15) is 0 Å². The first-order valence-electron chi connectivity index (χ1n) is 7.00. The fourth-order valence-electron chi connectivity index (χ4n) is 2.06. The second kappa shape index (κ2) is 6.78. The van der Waals surface area contributed by atoms with Gasteiger partial charge in [0.05, 0.1) is 4.90 Å². The Morgan fingerprint density at radius 3 is 2.74 bits per heavy atom. The Bertz CT molecular complexity index is 757. The summed E-state index contributed by atoms with van der Waals surface area (Å²) >= 11 is 0. The molecule has 1 amide bonds. The molecule has 9 heteroatoms. The van der Waals surface area contributed by atoms with E-state index in [-0.39, 0.29) is 29.6 Å². The number of hydrogen-bond acceptors (Lipinski definition) is 5. The summed E-state index contributed by atoms with van der Waals surface area (Å²) in [7, 11) is -3.56. The Kier molecular flexibility index (Phi) is 4.99. The SMILES string of the molecule is CC(NC(=O)CCCN=C1NS(=O)(=O)c2ccccc21)C(=O)O. The van der Waals surface area contributed by atoms with E-state index in [9.17, 15) is 18.0 Å². The van der Waals surface area contributed by atoms with Crippen LogP contribution >= 0.6 is 0 Å². The minimum absolute atomic E-state index is 0.114. The van der Waals surface area contributed by atoms with E-state index in [1.54, 1.807) is 18.2 Å². The zero-order chi connectivity index (χ0) is 17.0. The standard InChI is InChI=1S/C14H17N3O5S/c1-9(14(19)20)16-12(18)7-4-8-15-13-10-5-2-3-6-11(10)23(21,22)17-13/h2-3,5-6,9H,4,7-8H2,1H3,(H,15,17)(H,16,18)(H,19,20). The van der Waals surface area contributed by atoms with Gasteiger partial charge in [-0.25, -0.2) is 8.42 Å². The van der Waals surface area contributed by atoms with Crippen LogP contribution in [0.15, 0.2) is 34.2 Å². The number of carboxylic acids is 1. The van der Waals surface area contributed by atoms with Crippen LogP contribution in [0.5, 0.6) is 0 Å². The molecule has 1 unspecified atom stereocenters. The summed E-state index contributed by atoms with van der Waals surface area (Å²) in [5.41, 5.74) is 0.511. The summed E-state index contributed by atoms with van der Waals surface area (Å²) in [5.74, 6) is -1.22. The maximum atomic E-state index is 11.9. The van der Waals surface area contributed by atoms with Crippen LogP contribution in [0.4, 0.5) is 0 Å². The van der Waals surface area contributed by atoms with Gasteiger partial charge in [-0.3, -0.25) is 19.3 Å². The van der Waals surface area contributed by atoms with Crippen molar-refractivity contribution in [1.29, 1.82) is 0 Å². The number of carbonyl (C=O) groups excluding carboxylic acids is 1. The highest BCUT2D eigenvalue weighted by atomic mass is 32.2. The molecule has 2 rings (SSSR count). The van der Waals surface area contributed by atoms with Crippen molar-refractivity contribution in [2.75, 3.05) is 6.54 Å². The van der Waals surface area contributed by atoms with E-state index in [0.29, 0.717) is 12.0 Å². The van der Waals surface area contributed by atoms with Gasteiger partial charge in [-0.15, -0.1) is 0 Å². The molecule has 124 valence electrons. The molecule has 0 radical (unpaired) electrons. The van der Waals surface area contributed by atoms with Crippen molar-refractivity contribution in [3.63, 3.8) is 0 Å². The lowest BCUT2D eigenvalue weighted by molar-refractivity contribution is -0.141. The van der Waals surface area contributed by atoms with E-state index in [2.05, 4.69) is 15.0 Å². The molecule has 3 N–H and O–H groups in total. The number of aliphatic carboxylic acids is 1. The van der Waals surface area contributed by atoms with E-state index in [4.69, 9.17) is 5.11 Å². The van der Waals surface area contributed by atoms with Crippen LogP contribution in [0.25, 0.3) is 0 Å². The zero-order valence-corrected chi connectivity index (χ0v) is 13.3. The Balaban J connectivity index is 1.91. The van der Waals surface area contributed by atoms with Gasteiger partial charge < -0.3 is 10.4 Å². The molecule has 0 aliphatic carbocycles. The molecule has 0 bridgehead atoms. The highest BCUT2D eigenvalue weighted by Gasteiger charge is 2.29. The minimum Gasteiger partial charge on any atom is -0.480 e. The molecule has 1 aliphatic rings. The normalized spacial score (nSPS) is 18.0. The van der Waals surface area contributed by atoms with Gasteiger partial charge >= 0.3 is 5.97 Å². The summed E-state index contributed by atoms with van der Waals surface area (Å²) in [4.78, 5) is 26.5. The lowest BCUT2D eigenvalue weighted by Gasteiger charge is -2.08. The molecule has 1 aliphatic heterocycles.